The fraction of sp³-hybridized carbons (Fsp3) is 0.565. The first kappa shape index (κ1) is 24.0. The Hall–Kier alpha value is -1.65. The first-order chi connectivity index (χ1) is 14.8. The van der Waals surface area contributed by atoms with E-state index in [1.165, 1.54) is 5.56 Å². The summed E-state index contributed by atoms with van der Waals surface area (Å²) in [7, 11) is 1.85. The Morgan fingerprint density at radius 3 is 2.74 bits per heavy atom. The van der Waals surface area contributed by atoms with Crippen LogP contribution in [0.2, 0.25) is 0 Å². The van der Waals surface area contributed by atoms with Crippen LogP contribution in [0, 0.1) is 0 Å². The molecule has 170 valence electrons. The topological polar surface area (TPSA) is 63.9 Å². The Morgan fingerprint density at radius 2 is 2.03 bits per heavy atom. The summed E-state index contributed by atoms with van der Waals surface area (Å²) < 4.78 is 13.9. The smallest absolute Gasteiger partial charge is 0.194 e. The molecule has 1 unspecified atom stereocenters. The van der Waals surface area contributed by atoms with Gasteiger partial charge >= 0.3 is 0 Å². The van der Waals surface area contributed by atoms with Gasteiger partial charge in [-0.05, 0) is 31.2 Å². The van der Waals surface area contributed by atoms with Gasteiger partial charge in [0.2, 0.25) is 0 Å². The number of halogens is 1. The van der Waals surface area contributed by atoms with E-state index in [4.69, 9.17) is 9.47 Å². The second kappa shape index (κ2) is 12.4. The minimum Gasteiger partial charge on any atom is -0.376 e. The fourth-order valence-corrected chi connectivity index (χ4v) is 4.18. The average molecular weight is 539 g/mol. The number of hydrogen-bond donors (Lipinski definition) is 1. The molecule has 2 aliphatic heterocycles. The number of aliphatic imine (C=N–C) groups is 1. The number of hydrogen-bond acceptors (Lipinski definition) is 4. The first-order valence-corrected chi connectivity index (χ1v) is 11.0. The van der Waals surface area contributed by atoms with Crippen molar-refractivity contribution in [3.8, 4) is 0 Å². The minimum atomic E-state index is 0. The lowest BCUT2D eigenvalue weighted by atomic mass is 10.1. The molecule has 0 amide bonds. The van der Waals surface area contributed by atoms with Crippen molar-refractivity contribution < 1.29 is 9.47 Å². The number of likely N-dealkylation sites (tertiary alicyclic amines) is 1. The zero-order valence-electron chi connectivity index (χ0n) is 18.3. The SMILES string of the molecule is CN=C(NCc1nccn1Cc1ccccc1)N1CCC(OCC2CCCO2)CC1.I. The number of benzene rings is 1. The lowest BCUT2D eigenvalue weighted by molar-refractivity contribution is -0.0367. The lowest BCUT2D eigenvalue weighted by Gasteiger charge is -2.34. The molecule has 2 aromatic rings. The van der Waals surface area contributed by atoms with E-state index in [2.05, 4.69) is 49.0 Å². The molecule has 31 heavy (non-hydrogen) atoms. The van der Waals surface area contributed by atoms with Gasteiger partial charge in [-0.3, -0.25) is 4.99 Å². The van der Waals surface area contributed by atoms with Gasteiger partial charge in [0.1, 0.15) is 5.82 Å². The summed E-state index contributed by atoms with van der Waals surface area (Å²) in [6, 6.07) is 10.5. The van der Waals surface area contributed by atoms with Crippen molar-refractivity contribution >= 4 is 29.9 Å². The third-order valence-corrected chi connectivity index (χ3v) is 5.90. The van der Waals surface area contributed by atoms with E-state index in [0.29, 0.717) is 18.8 Å². The second-order valence-electron chi connectivity index (χ2n) is 8.01. The molecule has 0 aliphatic carbocycles. The van der Waals surface area contributed by atoms with Gasteiger partial charge in [-0.1, -0.05) is 30.3 Å². The van der Waals surface area contributed by atoms with Gasteiger partial charge in [-0.15, -0.1) is 24.0 Å². The van der Waals surface area contributed by atoms with Crippen molar-refractivity contribution in [1.29, 1.82) is 0 Å². The zero-order valence-corrected chi connectivity index (χ0v) is 20.6. The maximum Gasteiger partial charge on any atom is 0.194 e. The van der Waals surface area contributed by atoms with Crippen molar-refractivity contribution in [3.05, 3.63) is 54.1 Å². The third kappa shape index (κ3) is 6.92. The number of aromatic nitrogens is 2. The molecule has 1 aromatic carbocycles. The van der Waals surface area contributed by atoms with Gasteiger partial charge in [0.05, 0.1) is 25.4 Å². The highest BCUT2D eigenvalue weighted by atomic mass is 127. The molecular formula is C23H34IN5O2. The van der Waals surface area contributed by atoms with Gasteiger partial charge in [0.25, 0.3) is 0 Å². The highest BCUT2D eigenvalue weighted by Gasteiger charge is 2.24. The number of imidazole rings is 1. The summed E-state index contributed by atoms with van der Waals surface area (Å²) in [5.41, 5.74) is 1.27. The van der Waals surface area contributed by atoms with Crippen LogP contribution in [-0.2, 0) is 22.6 Å². The van der Waals surface area contributed by atoms with Crippen LogP contribution in [-0.4, -0.2) is 66.0 Å². The Kier molecular flexibility index (Phi) is 9.60. The molecular weight excluding hydrogens is 505 g/mol. The van der Waals surface area contributed by atoms with Crippen molar-refractivity contribution in [3.63, 3.8) is 0 Å². The normalized spacial score (nSPS) is 20.0. The molecule has 2 aliphatic rings. The van der Waals surface area contributed by atoms with E-state index >= 15 is 0 Å². The van der Waals surface area contributed by atoms with Crippen LogP contribution in [0.3, 0.4) is 0 Å². The van der Waals surface area contributed by atoms with Crippen LogP contribution in [0.1, 0.15) is 37.1 Å². The molecule has 3 heterocycles. The summed E-state index contributed by atoms with van der Waals surface area (Å²) in [5, 5.41) is 3.49. The minimum absolute atomic E-state index is 0. The summed E-state index contributed by atoms with van der Waals surface area (Å²) in [5.74, 6) is 1.94. The maximum atomic E-state index is 6.09. The van der Waals surface area contributed by atoms with E-state index in [0.717, 1.165) is 70.3 Å². The molecule has 0 bridgehead atoms. The molecule has 7 nitrogen and oxygen atoms in total. The monoisotopic (exact) mass is 539 g/mol. The van der Waals surface area contributed by atoms with Gasteiger partial charge < -0.3 is 24.3 Å². The molecule has 0 spiro atoms. The van der Waals surface area contributed by atoms with E-state index in [9.17, 15) is 0 Å². The lowest BCUT2D eigenvalue weighted by Crippen LogP contribution is -2.47. The molecule has 2 fully saturated rings. The predicted molar refractivity (Wildman–Crippen MR) is 133 cm³/mol. The van der Waals surface area contributed by atoms with Gasteiger partial charge in [0.15, 0.2) is 5.96 Å². The van der Waals surface area contributed by atoms with Gasteiger partial charge in [0, 0.05) is 45.7 Å². The number of piperidine rings is 1. The quantitative estimate of drug-likeness (QED) is 0.333. The van der Waals surface area contributed by atoms with Crippen molar-refractivity contribution in [1.82, 2.24) is 19.8 Å². The standard InChI is InChI=1S/C23H33N5O2.HI/c1-24-23(27-12-9-20(10-13-27)30-18-21-8-5-15-29-21)26-16-22-25-11-14-28(22)17-19-6-3-2-4-7-19;/h2-4,6-7,11,14,20-21H,5,8-10,12-13,15-18H2,1H3,(H,24,26);1H. The fourth-order valence-electron chi connectivity index (χ4n) is 4.18. The van der Waals surface area contributed by atoms with Crippen molar-refractivity contribution in [2.45, 2.75) is 51.0 Å². The number of nitrogens with one attached hydrogen (secondary N) is 1. The molecule has 2 saturated heterocycles. The molecule has 4 rings (SSSR count). The van der Waals surface area contributed by atoms with Crippen LogP contribution >= 0.6 is 24.0 Å². The Bertz CT molecular complexity index is 799. The molecule has 0 saturated carbocycles. The summed E-state index contributed by atoms with van der Waals surface area (Å²) in [4.78, 5) is 11.3. The van der Waals surface area contributed by atoms with Gasteiger partial charge in [-0.2, -0.15) is 0 Å². The van der Waals surface area contributed by atoms with E-state index in [1.807, 2.05) is 25.5 Å². The maximum absolute atomic E-state index is 6.09. The van der Waals surface area contributed by atoms with Crippen LogP contribution < -0.4 is 5.32 Å². The largest absolute Gasteiger partial charge is 0.376 e. The van der Waals surface area contributed by atoms with E-state index in [-0.39, 0.29) is 24.0 Å². The van der Waals surface area contributed by atoms with Crippen molar-refractivity contribution in [2.75, 3.05) is 33.4 Å². The number of guanidine groups is 1. The summed E-state index contributed by atoms with van der Waals surface area (Å²) in [6.45, 7) is 5.01. The highest BCUT2D eigenvalue weighted by molar-refractivity contribution is 14.0. The van der Waals surface area contributed by atoms with Crippen LogP contribution in [0.4, 0.5) is 0 Å². The number of nitrogens with zero attached hydrogens (tertiary/aromatic N) is 4. The summed E-state index contributed by atoms with van der Waals surface area (Å²) >= 11 is 0. The third-order valence-electron chi connectivity index (χ3n) is 5.90. The molecule has 1 aromatic heterocycles. The van der Waals surface area contributed by atoms with Crippen LogP contribution in [0.15, 0.2) is 47.7 Å². The Morgan fingerprint density at radius 1 is 1.23 bits per heavy atom. The number of ether oxygens (including phenoxy) is 2. The average Bonchev–Trinajstić information content (AvgIpc) is 3.46. The molecule has 0 radical (unpaired) electrons. The number of rotatable bonds is 7. The summed E-state index contributed by atoms with van der Waals surface area (Å²) in [6.07, 6.45) is 8.87. The highest BCUT2D eigenvalue weighted by Crippen LogP contribution is 2.18. The Labute approximate surface area is 202 Å². The second-order valence-corrected chi connectivity index (χ2v) is 8.01. The first-order valence-electron chi connectivity index (χ1n) is 11.0. The zero-order chi connectivity index (χ0) is 20.6. The molecule has 8 heteroatoms. The molecule has 1 N–H and O–H groups in total. The Balaban J connectivity index is 0.00000272. The van der Waals surface area contributed by atoms with Crippen molar-refractivity contribution in [2.24, 2.45) is 4.99 Å². The van der Waals surface area contributed by atoms with Gasteiger partial charge in [-0.25, -0.2) is 4.98 Å². The molecule has 1 atom stereocenters. The van der Waals surface area contributed by atoms with E-state index in [1.54, 1.807) is 0 Å². The van der Waals surface area contributed by atoms with E-state index < -0.39 is 0 Å². The van der Waals surface area contributed by atoms with Crippen LogP contribution in [0.25, 0.3) is 0 Å². The predicted octanol–water partition coefficient (Wildman–Crippen LogP) is 3.28. The van der Waals surface area contributed by atoms with Crippen LogP contribution in [0.5, 0.6) is 0 Å².